The molecule has 2 heterocycles. The number of likely N-dealkylation sites (tertiary alicyclic amines) is 1. The number of methoxy groups -OCH3 is 1. The van der Waals surface area contributed by atoms with Crippen LogP contribution in [-0.4, -0.2) is 57.4 Å². The molecule has 0 unspecified atom stereocenters. The number of fused-ring (bicyclic) bond motifs is 1. The van der Waals surface area contributed by atoms with Crippen LogP contribution in [0.1, 0.15) is 30.1 Å². The molecule has 2 aromatic carbocycles. The van der Waals surface area contributed by atoms with Gasteiger partial charge in [0.25, 0.3) is 5.91 Å². The molecule has 0 saturated carbocycles. The first kappa shape index (κ1) is 20.9. The molecule has 1 aliphatic heterocycles. The van der Waals surface area contributed by atoms with Crippen molar-refractivity contribution < 1.29 is 19.4 Å². The summed E-state index contributed by atoms with van der Waals surface area (Å²) in [6.07, 6.45) is 2.64. The van der Waals surface area contributed by atoms with Gasteiger partial charge < -0.3 is 20.1 Å². The first-order valence-electron chi connectivity index (χ1n) is 10.3. The normalized spacial score (nSPS) is 15.6. The van der Waals surface area contributed by atoms with Crippen molar-refractivity contribution in [3.05, 3.63) is 54.2 Å². The lowest BCUT2D eigenvalue weighted by Crippen LogP contribution is -2.48. The molecular formula is C23H26N4O4. The zero-order chi connectivity index (χ0) is 22.0. The van der Waals surface area contributed by atoms with Crippen LogP contribution in [0.15, 0.2) is 48.7 Å². The largest absolute Gasteiger partial charge is 0.496 e. The van der Waals surface area contributed by atoms with E-state index in [0.717, 1.165) is 10.9 Å². The maximum absolute atomic E-state index is 12.9. The van der Waals surface area contributed by atoms with Gasteiger partial charge in [-0.3, -0.25) is 14.3 Å². The van der Waals surface area contributed by atoms with E-state index in [9.17, 15) is 14.7 Å². The van der Waals surface area contributed by atoms with Crippen LogP contribution in [0.5, 0.6) is 5.75 Å². The maximum Gasteiger partial charge on any atom is 0.257 e. The van der Waals surface area contributed by atoms with Gasteiger partial charge in [-0.05, 0) is 43.2 Å². The SMILES string of the molecule is COc1ccccc1C(=O)N1CCC(O)(Cn2ncc3ccc(NC(C)=O)cc32)CC1. The number of ether oxygens (including phenoxy) is 1. The Bertz CT molecular complexity index is 1120. The monoisotopic (exact) mass is 422 g/mol. The molecule has 4 rings (SSSR count). The minimum absolute atomic E-state index is 0.0935. The van der Waals surface area contributed by atoms with E-state index in [0.29, 0.717) is 49.5 Å². The van der Waals surface area contributed by atoms with Crippen LogP contribution >= 0.6 is 0 Å². The van der Waals surface area contributed by atoms with Crippen LogP contribution in [0.2, 0.25) is 0 Å². The Balaban J connectivity index is 1.46. The van der Waals surface area contributed by atoms with Gasteiger partial charge in [0.2, 0.25) is 5.91 Å². The number of carbonyl (C=O) groups is 2. The Morgan fingerprint density at radius 3 is 2.65 bits per heavy atom. The molecule has 0 atom stereocenters. The molecule has 8 nitrogen and oxygen atoms in total. The number of anilines is 1. The summed E-state index contributed by atoms with van der Waals surface area (Å²) in [5.74, 6) is 0.312. The zero-order valence-electron chi connectivity index (χ0n) is 17.7. The molecule has 2 N–H and O–H groups in total. The van der Waals surface area contributed by atoms with Crippen molar-refractivity contribution in [2.24, 2.45) is 0 Å². The second kappa shape index (κ2) is 8.39. The average molecular weight is 422 g/mol. The third kappa shape index (κ3) is 4.39. The van der Waals surface area contributed by atoms with E-state index in [1.165, 1.54) is 6.92 Å². The summed E-state index contributed by atoms with van der Waals surface area (Å²) in [5.41, 5.74) is 1.08. The first-order chi connectivity index (χ1) is 14.9. The fourth-order valence-corrected chi connectivity index (χ4v) is 4.03. The molecule has 1 fully saturated rings. The van der Waals surface area contributed by atoms with Gasteiger partial charge in [-0.1, -0.05) is 12.1 Å². The van der Waals surface area contributed by atoms with Crippen molar-refractivity contribution in [1.82, 2.24) is 14.7 Å². The lowest BCUT2D eigenvalue weighted by Gasteiger charge is -2.38. The third-order valence-electron chi connectivity index (χ3n) is 5.73. The van der Waals surface area contributed by atoms with E-state index in [1.54, 1.807) is 35.0 Å². The van der Waals surface area contributed by atoms with Crippen LogP contribution in [0.25, 0.3) is 10.9 Å². The fraction of sp³-hybridized carbons (Fsp3) is 0.348. The quantitative estimate of drug-likeness (QED) is 0.659. The highest BCUT2D eigenvalue weighted by atomic mass is 16.5. The number of amides is 2. The fourth-order valence-electron chi connectivity index (χ4n) is 4.03. The highest BCUT2D eigenvalue weighted by Gasteiger charge is 2.35. The molecule has 0 bridgehead atoms. The number of rotatable bonds is 5. The van der Waals surface area contributed by atoms with Crippen molar-refractivity contribution in [3.63, 3.8) is 0 Å². The molecule has 0 radical (unpaired) electrons. The molecule has 8 heteroatoms. The van der Waals surface area contributed by atoms with Crippen molar-refractivity contribution in [3.8, 4) is 5.75 Å². The van der Waals surface area contributed by atoms with Crippen LogP contribution < -0.4 is 10.1 Å². The van der Waals surface area contributed by atoms with Crippen molar-refractivity contribution in [1.29, 1.82) is 0 Å². The Morgan fingerprint density at radius 2 is 1.94 bits per heavy atom. The third-order valence-corrected chi connectivity index (χ3v) is 5.73. The summed E-state index contributed by atoms with van der Waals surface area (Å²) >= 11 is 0. The number of para-hydroxylation sites is 1. The lowest BCUT2D eigenvalue weighted by molar-refractivity contribution is -0.114. The Kier molecular flexibility index (Phi) is 5.65. The minimum Gasteiger partial charge on any atom is -0.496 e. The van der Waals surface area contributed by atoms with E-state index < -0.39 is 5.60 Å². The highest BCUT2D eigenvalue weighted by Crippen LogP contribution is 2.29. The molecule has 1 saturated heterocycles. The van der Waals surface area contributed by atoms with Crippen molar-refractivity contribution in [2.45, 2.75) is 31.9 Å². The van der Waals surface area contributed by atoms with Crippen LogP contribution in [0.4, 0.5) is 5.69 Å². The summed E-state index contributed by atoms with van der Waals surface area (Å²) in [6.45, 7) is 2.68. The number of piperidine rings is 1. The number of aromatic nitrogens is 2. The molecule has 3 aromatic rings. The predicted molar refractivity (Wildman–Crippen MR) is 117 cm³/mol. The summed E-state index contributed by atoms with van der Waals surface area (Å²) in [5, 5.41) is 19.3. The van der Waals surface area contributed by atoms with Gasteiger partial charge in [0.15, 0.2) is 0 Å². The van der Waals surface area contributed by atoms with E-state index in [2.05, 4.69) is 10.4 Å². The number of nitrogens with zero attached hydrogens (tertiary/aromatic N) is 3. The molecular weight excluding hydrogens is 396 g/mol. The number of hydrogen-bond acceptors (Lipinski definition) is 5. The Labute approximate surface area is 180 Å². The zero-order valence-corrected chi connectivity index (χ0v) is 17.7. The van der Waals surface area contributed by atoms with Gasteiger partial charge in [-0.25, -0.2) is 0 Å². The number of benzene rings is 2. The molecule has 2 amide bonds. The summed E-state index contributed by atoms with van der Waals surface area (Å²) < 4.78 is 7.07. The van der Waals surface area contributed by atoms with Gasteiger partial charge >= 0.3 is 0 Å². The number of carbonyl (C=O) groups excluding carboxylic acids is 2. The highest BCUT2D eigenvalue weighted by molar-refractivity contribution is 5.97. The number of nitrogens with one attached hydrogen (secondary N) is 1. The van der Waals surface area contributed by atoms with Gasteiger partial charge in [0, 0.05) is 31.1 Å². The predicted octanol–water partition coefficient (Wildman–Crippen LogP) is 2.67. The van der Waals surface area contributed by atoms with E-state index in [1.807, 2.05) is 30.3 Å². The molecule has 1 aromatic heterocycles. The van der Waals surface area contributed by atoms with Gasteiger partial charge in [-0.2, -0.15) is 5.10 Å². The standard InChI is InChI=1S/C23H26N4O4/c1-16(28)25-18-8-7-17-14-24-27(20(17)13-18)15-23(30)9-11-26(12-10-23)22(29)19-5-3-4-6-21(19)31-2/h3-8,13-14,30H,9-12,15H2,1-2H3,(H,25,28). The van der Waals surface area contributed by atoms with Crippen molar-refractivity contribution in [2.75, 3.05) is 25.5 Å². The van der Waals surface area contributed by atoms with Gasteiger partial charge in [0.05, 0.1) is 36.5 Å². The molecule has 31 heavy (non-hydrogen) atoms. The molecule has 162 valence electrons. The summed E-state index contributed by atoms with van der Waals surface area (Å²) in [6, 6.07) is 12.7. The van der Waals surface area contributed by atoms with E-state index in [-0.39, 0.29) is 11.8 Å². The Morgan fingerprint density at radius 1 is 1.19 bits per heavy atom. The van der Waals surface area contributed by atoms with Crippen LogP contribution in [-0.2, 0) is 11.3 Å². The van der Waals surface area contributed by atoms with Crippen LogP contribution in [0.3, 0.4) is 0 Å². The molecule has 1 aliphatic rings. The topological polar surface area (TPSA) is 96.7 Å². The maximum atomic E-state index is 12.9. The molecule has 0 spiro atoms. The summed E-state index contributed by atoms with van der Waals surface area (Å²) in [7, 11) is 1.55. The minimum atomic E-state index is -0.972. The van der Waals surface area contributed by atoms with Crippen molar-refractivity contribution >= 4 is 28.4 Å². The smallest absolute Gasteiger partial charge is 0.257 e. The second-order valence-electron chi connectivity index (χ2n) is 7.97. The van der Waals surface area contributed by atoms with Crippen LogP contribution in [0, 0.1) is 0 Å². The average Bonchev–Trinajstić information content (AvgIpc) is 3.15. The Hall–Kier alpha value is -3.39. The molecule has 0 aliphatic carbocycles. The summed E-state index contributed by atoms with van der Waals surface area (Å²) in [4.78, 5) is 26.0. The number of hydrogen-bond donors (Lipinski definition) is 2. The second-order valence-corrected chi connectivity index (χ2v) is 7.97. The lowest BCUT2D eigenvalue weighted by atomic mass is 9.91. The number of aliphatic hydroxyl groups is 1. The van der Waals surface area contributed by atoms with E-state index in [4.69, 9.17) is 4.74 Å². The van der Waals surface area contributed by atoms with E-state index >= 15 is 0 Å². The van der Waals surface area contributed by atoms with Gasteiger partial charge in [-0.15, -0.1) is 0 Å². The van der Waals surface area contributed by atoms with Gasteiger partial charge in [0.1, 0.15) is 5.75 Å². The first-order valence-corrected chi connectivity index (χ1v) is 10.3.